The molecule has 0 amide bonds. The third kappa shape index (κ3) is 1.02. The van der Waals surface area contributed by atoms with E-state index in [0.29, 0.717) is 5.92 Å². The van der Waals surface area contributed by atoms with Crippen LogP contribution >= 0.6 is 0 Å². The summed E-state index contributed by atoms with van der Waals surface area (Å²) in [6.45, 7) is 2.16. The third-order valence-electron chi connectivity index (χ3n) is 1.92. The van der Waals surface area contributed by atoms with Gasteiger partial charge in [-0.25, -0.2) is 15.0 Å². The highest BCUT2D eigenvalue weighted by atomic mass is 15.0. The SMILES string of the molecule is CC1CC=Nc2ncncc21. The molecule has 3 nitrogen and oxygen atoms in total. The van der Waals surface area contributed by atoms with Crippen LogP contribution in [0.3, 0.4) is 0 Å². The zero-order valence-corrected chi connectivity index (χ0v) is 6.36. The van der Waals surface area contributed by atoms with E-state index in [9.17, 15) is 0 Å². The second-order valence-corrected chi connectivity index (χ2v) is 2.75. The molecule has 1 aromatic rings. The fourth-order valence-corrected chi connectivity index (χ4v) is 1.21. The van der Waals surface area contributed by atoms with E-state index in [1.54, 1.807) is 0 Å². The fourth-order valence-electron chi connectivity index (χ4n) is 1.21. The summed E-state index contributed by atoms with van der Waals surface area (Å²) in [5.74, 6) is 1.35. The van der Waals surface area contributed by atoms with Crippen molar-refractivity contribution in [1.82, 2.24) is 9.97 Å². The van der Waals surface area contributed by atoms with Crippen LogP contribution in [0, 0.1) is 0 Å². The first kappa shape index (κ1) is 6.46. The minimum Gasteiger partial charge on any atom is -0.244 e. The third-order valence-corrected chi connectivity index (χ3v) is 1.92. The molecule has 1 atom stereocenters. The molecule has 2 rings (SSSR count). The summed E-state index contributed by atoms with van der Waals surface area (Å²) < 4.78 is 0. The molecule has 1 aliphatic rings. The Labute approximate surface area is 65.2 Å². The summed E-state index contributed by atoms with van der Waals surface area (Å²) in [5.41, 5.74) is 1.16. The Kier molecular flexibility index (Phi) is 1.42. The predicted molar refractivity (Wildman–Crippen MR) is 43.2 cm³/mol. The van der Waals surface area contributed by atoms with E-state index in [4.69, 9.17) is 0 Å². The minimum absolute atomic E-state index is 0.517. The number of nitrogens with zero attached hydrogens (tertiary/aromatic N) is 3. The summed E-state index contributed by atoms with van der Waals surface area (Å²) in [4.78, 5) is 12.2. The molecule has 1 unspecified atom stereocenters. The van der Waals surface area contributed by atoms with Crippen LogP contribution < -0.4 is 0 Å². The van der Waals surface area contributed by atoms with Gasteiger partial charge in [0.15, 0.2) is 5.82 Å². The molecule has 0 radical (unpaired) electrons. The first-order valence-electron chi connectivity index (χ1n) is 3.70. The maximum absolute atomic E-state index is 4.17. The van der Waals surface area contributed by atoms with Crippen LogP contribution in [0.1, 0.15) is 24.8 Å². The highest BCUT2D eigenvalue weighted by molar-refractivity contribution is 5.67. The first-order valence-corrected chi connectivity index (χ1v) is 3.70. The number of hydrogen-bond acceptors (Lipinski definition) is 3. The van der Waals surface area contributed by atoms with E-state index in [-0.39, 0.29) is 0 Å². The summed E-state index contributed by atoms with van der Waals surface area (Å²) in [6.07, 6.45) is 6.30. The van der Waals surface area contributed by atoms with Crippen molar-refractivity contribution in [3.05, 3.63) is 18.1 Å². The molecule has 0 saturated carbocycles. The number of aromatic nitrogens is 2. The van der Waals surface area contributed by atoms with Crippen LogP contribution in [0.4, 0.5) is 5.82 Å². The molecular weight excluding hydrogens is 138 g/mol. The Bertz CT molecular complexity index is 293. The lowest BCUT2D eigenvalue weighted by molar-refractivity contribution is 0.785. The van der Waals surface area contributed by atoms with Gasteiger partial charge in [-0.2, -0.15) is 0 Å². The molecule has 0 N–H and O–H groups in total. The zero-order valence-electron chi connectivity index (χ0n) is 6.36. The van der Waals surface area contributed by atoms with Crippen molar-refractivity contribution < 1.29 is 0 Å². The fraction of sp³-hybridized carbons (Fsp3) is 0.375. The van der Waals surface area contributed by atoms with Crippen LogP contribution in [0.2, 0.25) is 0 Å². The van der Waals surface area contributed by atoms with Gasteiger partial charge in [-0.05, 0) is 12.3 Å². The standard InChI is InChI=1S/C8H9N3/c1-6-2-3-10-8-7(6)4-9-5-11-8/h3-6H,2H2,1H3. The van der Waals surface area contributed by atoms with Crippen LogP contribution in [0.15, 0.2) is 17.5 Å². The Morgan fingerprint density at radius 2 is 2.45 bits per heavy atom. The maximum Gasteiger partial charge on any atom is 0.158 e. The molecule has 0 spiro atoms. The molecule has 0 fully saturated rings. The largest absolute Gasteiger partial charge is 0.244 e. The van der Waals surface area contributed by atoms with E-state index in [0.717, 1.165) is 17.8 Å². The Morgan fingerprint density at radius 1 is 1.55 bits per heavy atom. The Hall–Kier alpha value is -1.25. The average molecular weight is 147 g/mol. The van der Waals surface area contributed by atoms with E-state index in [1.165, 1.54) is 6.33 Å². The van der Waals surface area contributed by atoms with Gasteiger partial charge in [-0.3, -0.25) is 0 Å². The van der Waals surface area contributed by atoms with Gasteiger partial charge >= 0.3 is 0 Å². The van der Waals surface area contributed by atoms with Gasteiger partial charge in [0.1, 0.15) is 6.33 Å². The van der Waals surface area contributed by atoms with Gasteiger partial charge in [0.25, 0.3) is 0 Å². The highest BCUT2D eigenvalue weighted by Gasteiger charge is 2.13. The van der Waals surface area contributed by atoms with E-state index >= 15 is 0 Å². The quantitative estimate of drug-likeness (QED) is 0.560. The van der Waals surface area contributed by atoms with Crippen molar-refractivity contribution in [1.29, 1.82) is 0 Å². The van der Waals surface area contributed by atoms with Gasteiger partial charge in [0.05, 0.1) is 0 Å². The highest BCUT2D eigenvalue weighted by Crippen LogP contribution is 2.28. The Balaban J connectivity index is 2.54. The molecule has 1 aromatic heterocycles. The molecule has 0 saturated heterocycles. The lowest BCUT2D eigenvalue weighted by atomic mass is 9.99. The molecule has 11 heavy (non-hydrogen) atoms. The van der Waals surface area contributed by atoms with Crippen molar-refractivity contribution in [2.24, 2.45) is 4.99 Å². The number of rotatable bonds is 0. The molecule has 0 bridgehead atoms. The average Bonchev–Trinajstić information content (AvgIpc) is 2.06. The van der Waals surface area contributed by atoms with E-state index in [2.05, 4.69) is 21.9 Å². The van der Waals surface area contributed by atoms with Gasteiger partial charge in [-0.1, -0.05) is 6.92 Å². The molecule has 0 aliphatic carbocycles. The summed E-state index contributed by atoms with van der Waals surface area (Å²) >= 11 is 0. The van der Waals surface area contributed by atoms with Gasteiger partial charge in [-0.15, -0.1) is 0 Å². The van der Waals surface area contributed by atoms with Crippen LogP contribution in [-0.4, -0.2) is 16.2 Å². The molecule has 0 aromatic carbocycles. The Morgan fingerprint density at radius 3 is 3.27 bits per heavy atom. The minimum atomic E-state index is 0.517. The molecule has 1 aliphatic heterocycles. The lowest BCUT2D eigenvalue weighted by Gasteiger charge is -2.13. The summed E-state index contributed by atoms with van der Waals surface area (Å²) in [5, 5.41) is 0. The van der Waals surface area contributed by atoms with E-state index < -0.39 is 0 Å². The number of hydrogen-bond donors (Lipinski definition) is 0. The van der Waals surface area contributed by atoms with Gasteiger partial charge < -0.3 is 0 Å². The first-order chi connectivity index (χ1) is 5.38. The van der Waals surface area contributed by atoms with Crippen molar-refractivity contribution in [2.75, 3.05) is 0 Å². The molecule has 3 heteroatoms. The maximum atomic E-state index is 4.17. The monoisotopic (exact) mass is 147 g/mol. The predicted octanol–water partition coefficient (Wildman–Crippen LogP) is 1.69. The van der Waals surface area contributed by atoms with Crippen LogP contribution in [0.5, 0.6) is 0 Å². The van der Waals surface area contributed by atoms with Crippen LogP contribution in [-0.2, 0) is 0 Å². The lowest BCUT2D eigenvalue weighted by Crippen LogP contribution is -2.01. The topological polar surface area (TPSA) is 38.1 Å². The summed E-state index contributed by atoms with van der Waals surface area (Å²) in [7, 11) is 0. The number of fused-ring (bicyclic) bond motifs is 1. The molecular formula is C8H9N3. The summed E-state index contributed by atoms with van der Waals surface area (Å²) in [6, 6.07) is 0. The van der Waals surface area contributed by atoms with Gasteiger partial charge in [0.2, 0.25) is 0 Å². The van der Waals surface area contributed by atoms with Crippen LogP contribution in [0.25, 0.3) is 0 Å². The smallest absolute Gasteiger partial charge is 0.158 e. The molecule has 2 heterocycles. The number of aliphatic imine (C=N–C) groups is 1. The van der Waals surface area contributed by atoms with Crippen molar-refractivity contribution >= 4 is 12.0 Å². The normalized spacial score (nSPS) is 21.4. The zero-order chi connectivity index (χ0) is 7.68. The second kappa shape index (κ2) is 2.42. The van der Waals surface area contributed by atoms with E-state index in [1.807, 2.05) is 12.4 Å². The second-order valence-electron chi connectivity index (χ2n) is 2.75. The van der Waals surface area contributed by atoms with Crippen molar-refractivity contribution in [2.45, 2.75) is 19.3 Å². The van der Waals surface area contributed by atoms with Crippen molar-refractivity contribution in [3.63, 3.8) is 0 Å². The van der Waals surface area contributed by atoms with Crippen molar-refractivity contribution in [3.8, 4) is 0 Å². The van der Waals surface area contributed by atoms with Gasteiger partial charge in [0, 0.05) is 18.0 Å². The molecule has 56 valence electrons.